The summed E-state index contributed by atoms with van der Waals surface area (Å²) in [5.74, 6) is -0.754. The predicted octanol–water partition coefficient (Wildman–Crippen LogP) is 4.37. The minimum atomic E-state index is -0.681. The van der Waals surface area contributed by atoms with E-state index in [9.17, 15) is 14.4 Å². The number of carbonyl (C=O) groups excluding carboxylic acids is 3. The van der Waals surface area contributed by atoms with E-state index in [1.807, 2.05) is 74.6 Å². The zero-order valence-electron chi connectivity index (χ0n) is 27.4. The zero-order valence-corrected chi connectivity index (χ0v) is 27.4. The lowest BCUT2D eigenvalue weighted by Crippen LogP contribution is -2.52. The van der Waals surface area contributed by atoms with Gasteiger partial charge in [0.05, 0.1) is 6.54 Å². The first kappa shape index (κ1) is 35.0. The molecule has 0 heterocycles. The monoisotopic (exact) mass is 609 g/mol. The van der Waals surface area contributed by atoms with E-state index in [0.717, 1.165) is 11.1 Å². The summed E-state index contributed by atoms with van der Waals surface area (Å²) in [6, 6.07) is 31.2. The summed E-state index contributed by atoms with van der Waals surface area (Å²) < 4.78 is 0. The maximum absolute atomic E-state index is 13.1. The molecule has 2 N–H and O–H groups in total. The van der Waals surface area contributed by atoms with Gasteiger partial charge >= 0.3 is 0 Å². The highest BCUT2D eigenvalue weighted by atomic mass is 16.2. The highest BCUT2D eigenvalue weighted by molar-refractivity contribution is 5.97. The number of fused-ring (bicyclic) bond motifs is 1. The van der Waals surface area contributed by atoms with Crippen molar-refractivity contribution in [1.82, 2.24) is 25.3 Å². The van der Waals surface area contributed by atoms with Crippen molar-refractivity contribution in [3.63, 3.8) is 0 Å². The van der Waals surface area contributed by atoms with Crippen LogP contribution in [-0.2, 0) is 22.6 Å². The molecule has 4 rings (SSSR count). The summed E-state index contributed by atoms with van der Waals surface area (Å²) >= 11 is 0. The van der Waals surface area contributed by atoms with Crippen LogP contribution in [0.5, 0.6) is 0 Å². The molecule has 0 spiro atoms. The van der Waals surface area contributed by atoms with Crippen molar-refractivity contribution in [1.29, 1.82) is 0 Å². The van der Waals surface area contributed by atoms with Gasteiger partial charge in [0.25, 0.3) is 5.91 Å². The van der Waals surface area contributed by atoms with Crippen molar-refractivity contribution in [3.8, 4) is 0 Å². The van der Waals surface area contributed by atoms with Crippen molar-refractivity contribution in [2.75, 3.05) is 54.9 Å². The largest absolute Gasteiger partial charge is 0.353 e. The Labute approximate surface area is 268 Å². The summed E-state index contributed by atoms with van der Waals surface area (Å²) in [6.45, 7) is 3.83. The molecular formula is C37H47N5O3. The van der Waals surface area contributed by atoms with Crippen molar-refractivity contribution < 1.29 is 14.4 Å². The van der Waals surface area contributed by atoms with E-state index in [1.54, 1.807) is 20.2 Å². The first-order valence-corrected chi connectivity index (χ1v) is 15.3. The normalized spacial score (nSPS) is 11.4. The van der Waals surface area contributed by atoms with Crippen molar-refractivity contribution in [3.05, 3.63) is 119 Å². The summed E-state index contributed by atoms with van der Waals surface area (Å²) in [7, 11) is 8.93. The molecule has 4 aromatic carbocycles. The summed E-state index contributed by atoms with van der Waals surface area (Å²) in [4.78, 5) is 43.8. The lowest BCUT2D eigenvalue weighted by molar-refractivity contribution is -0.139. The van der Waals surface area contributed by atoms with Crippen molar-refractivity contribution in [2.24, 2.45) is 0 Å². The summed E-state index contributed by atoms with van der Waals surface area (Å²) in [6.07, 6.45) is 0.389. The fourth-order valence-corrected chi connectivity index (χ4v) is 4.87. The zero-order chi connectivity index (χ0) is 32.8. The molecule has 0 saturated carbocycles. The number of carbonyl (C=O) groups is 3. The van der Waals surface area contributed by atoms with Gasteiger partial charge in [0.2, 0.25) is 11.8 Å². The van der Waals surface area contributed by atoms with Crippen LogP contribution in [0, 0.1) is 6.92 Å². The van der Waals surface area contributed by atoms with Crippen LogP contribution >= 0.6 is 0 Å². The Morgan fingerprint density at radius 3 is 2.11 bits per heavy atom. The van der Waals surface area contributed by atoms with Gasteiger partial charge in [-0.3, -0.25) is 14.4 Å². The number of amides is 3. The van der Waals surface area contributed by atoms with E-state index in [2.05, 4.69) is 60.0 Å². The highest BCUT2D eigenvalue weighted by Gasteiger charge is 2.28. The lowest BCUT2D eigenvalue weighted by Gasteiger charge is -2.29. The van der Waals surface area contributed by atoms with Gasteiger partial charge < -0.3 is 25.3 Å². The van der Waals surface area contributed by atoms with Gasteiger partial charge in [-0.1, -0.05) is 90.5 Å². The Kier molecular flexibility index (Phi) is 13.7. The third-order valence-electron chi connectivity index (χ3n) is 7.47. The molecule has 8 heteroatoms. The van der Waals surface area contributed by atoms with Crippen LogP contribution in [-0.4, -0.2) is 93.3 Å². The van der Waals surface area contributed by atoms with Gasteiger partial charge in [-0.25, -0.2) is 0 Å². The Morgan fingerprint density at radius 2 is 1.42 bits per heavy atom. The van der Waals surface area contributed by atoms with Crippen LogP contribution in [0.3, 0.4) is 0 Å². The summed E-state index contributed by atoms with van der Waals surface area (Å²) in [5.41, 5.74) is 3.79. The number of aryl methyl sites for hydroxylation is 1. The quantitative estimate of drug-likeness (QED) is 0.249. The van der Waals surface area contributed by atoms with E-state index in [0.29, 0.717) is 31.6 Å². The second kappa shape index (κ2) is 17.7. The van der Waals surface area contributed by atoms with E-state index >= 15 is 0 Å². The Balaban J connectivity index is 0.000000415. The van der Waals surface area contributed by atoms with Gasteiger partial charge in [0.1, 0.15) is 6.04 Å². The van der Waals surface area contributed by atoms with Gasteiger partial charge in [-0.2, -0.15) is 0 Å². The van der Waals surface area contributed by atoms with Crippen LogP contribution in [0.25, 0.3) is 10.8 Å². The molecule has 0 aliphatic heterocycles. The second-order valence-electron chi connectivity index (χ2n) is 11.5. The number of nitrogens with one attached hydrogen (secondary N) is 2. The molecular weight excluding hydrogens is 562 g/mol. The maximum atomic E-state index is 13.1. The number of rotatable bonds is 12. The predicted molar refractivity (Wildman–Crippen MR) is 183 cm³/mol. The number of likely N-dealkylation sites (N-methyl/N-ethyl adjacent to an activating group) is 3. The van der Waals surface area contributed by atoms with Gasteiger partial charge in [0, 0.05) is 45.7 Å². The standard InChI is InChI=1S/C26H37N5O3.C11H10/c1-27-18-21-12-9-13-22(16-21)26(34)30(4)19-24(32)31(5)23(17-20-10-7-6-8-11-20)25(33)28-14-15-29(2)3;1-9-6-7-10-4-2-3-5-11(10)8-9/h6-13,16,23,27H,14-15,17-19H2,1-5H3,(H,28,33);2-8H,1H3. The SMILES string of the molecule is CNCc1cccc(C(=O)N(C)CC(=O)N(C)C(Cc2ccccc2)C(=O)NCCN(C)C)c1.Cc1ccc2ccccc2c1. The fourth-order valence-electron chi connectivity index (χ4n) is 4.87. The van der Waals surface area contributed by atoms with E-state index in [1.165, 1.54) is 26.1 Å². The molecule has 238 valence electrons. The van der Waals surface area contributed by atoms with E-state index in [4.69, 9.17) is 0 Å². The minimum absolute atomic E-state index is 0.123. The van der Waals surface area contributed by atoms with Crippen molar-refractivity contribution >= 4 is 28.5 Å². The molecule has 0 aromatic heterocycles. The van der Waals surface area contributed by atoms with Gasteiger partial charge in [0.15, 0.2) is 0 Å². The third-order valence-corrected chi connectivity index (χ3v) is 7.47. The van der Waals surface area contributed by atoms with Crippen LogP contribution in [0.4, 0.5) is 0 Å². The molecule has 8 nitrogen and oxygen atoms in total. The lowest BCUT2D eigenvalue weighted by atomic mass is 10.0. The van der Waals surface area contributed by atoms with Crippen LogP contribution in [0.1, 0.15) is 27.0 Å². The molecule has 1 unspecified atom stereocenters. The van der Waals surface area contributed by atoms with Crippen molar-refractivity contribution in [2.45, 2.75) is 25.9 Å². The molecule has 0 bridgehead atoms. The first-order chi connectivity index (χ1) is 21.6. The second-order valence-corrected chi connectivity index (χ2v) is 11.5. The first-order valence-electron chi connectivity index (χ1n) is 15.3. The highest BCUT2D eigenvalue weighted by Crippen LogP contribution is 2.15. The number of hydrogen-bond donors (Lipinski definition) is 2. The number of nitrogens with zero attached hydrogens (tertiary/aromatic N) is 3. The van der Waals surface area contributed by atoms with Crippen LogP contribution < -0.4 is 10.6 Å². The molecule has 4 aromatic rings. The Hall–Kier alpha value is -4.53. The average Bonchev–Trinajstić information content (AvgIpc) is 3.03. The maximum Gasteiger partial charge on any atom is 0.254 e. The van der Waals surface area contributed by atoms with Crippen LogP contribution in [0.15, 0.2) is 97.1 Å². The molecule has 1 atom stereocenters. The molecule has 0 aliphatic carbocycles. The molecule has 0 saturated heterocycles. The topological polar surface area (TPSA) is 85.0 Å². The average molecular weight is 610 g/mol. The molecule has 0 radical (unpaired) electrons. The molecule has 0 aliphatic rings. The number of benzene rings is 4. The van der Waals surface area contributed by atoms with Gasteiger partial charge in [-0.05, 0) is 62.1 Å². The van der Waals surface area contributed by atoms with E-state index < -0.39 is 6.04 Å². The van der Waals surface area contributed by atoms with Crippen LogP contribution in [0.2, 0.25) is 0 Å². The number of hydrogen-bond acceptors (Lipinski definition) is 5. The molecule has 3 amide bonds. The molecule has 0 fully saturated rings. The van der Waals surface area contributed by atoms with Gasteiger partial charge in [-0.15, -0.1) is 0 Å². The summed E-state index contributed by atoms with van der Waals surface area (Å²) in [5, 5.41) is 8.64. The third kappa shape index (κ3) is 11.2. The smallest absolute Gasteiger partial charge is 0.254 e. The van der Waals surface area contributed by atoms with E-state index in [-0.39, 0.29) is 24.3 Å². The Morgan fingerprint density at radius 1 is 0.756 bits per heavy atom. The minimum Gasteiger partial charge on any atom is -0.353 e. The Bertz CT molecular complexity index is 1540. The fraction of sp³-hybridized carbons (Fsp3) is 0.324. The molecule has 45 heavy (non-hydrogen) atoms.